The van der Waals surface area contributed by atoms with Gasteiger partial charge in [0.15, 0.2) is 0 Å². The zero-order valence-corrected chi connectivity index (χ0v) is 14.1. The van der Waals surface area contributed by atoms with Crippen molar-refractivity contribution in [2.24, 2.45) is 0 Å². The zero-order valence-electron chi connectivity index (χ0n) is 11.7. The van der Waals surface area contributed by atoms with Crippen LogP contribution in [-0.4, -0.2) is 11.5 Å². The molecule has 0 fully saturated rings. The van der Waals surface area contributed by atoms with Gasteiger partial charge in [-0.25, -0.2) is 0 Å². The normalized spacial score (nSPS) is 12.3. The quantitative estimate of drug-likeness (QED) is 0.568. The molecule has 1 unspecified atom stereocenters. The standard InChI is InChI=1S/C15H17BrN2O2S/c1-2-9-17-13(14-7-8-15(16)21-14)10-11-3-5-12(6-4-11)18(19)20/h3-8,13,17H,2,9-10H2,1H3. The van der Waals surface area contributed by atoms with Gasteiger partial charge in [-0.1, -0.05) is 19.1 Å². The maximum absolute atomic E-state index is 10.7. The number of benzene rings is 1. The van der Waals surface area contributed by atoms with Gasteiger partial charge in [0.05, 0.1) is 8.71 Å². The monoisotopic (exact) mass is 368 g/mol. The highest BCUT2D eigenvalue weighted by atomic mass is 79.9. The van der Waals surface area contributed by atoms with Gasteiger partial charge in [-0.3, -0.25) is 10.1 Å². The van der Waals surface area contributed by atoms with Crippen molar-refractivity contribution in [2.75, 3.05) is 6.54 Å². The van der Waals surface area contributed by atoms with Gasteiger partial charge in [-0.05, 0) is 53.0 Å². The highest BCUT2D eigenvalue weighted by Gasteiger charge is 2.14. The minimum atomic E-state index is -0.368. The first-order valence-electron chi connectivity index (χ1n) is 6.82. The van der Waals surface area contributed by atoms with E-state index in [1.807, 2.05) is 12.1 Å². The molecule has 1 aromatic heterocycles. The molecule has 0 radical (unpaired) electrons. The van der Waals surface area contributed by atoms with E-state index >= 15 is 0 Å². The first-order chi connectivity index (χ1) is 10.1. The van der Waals surface area contributed by atoms with E-state index in [0.29, 0.717) is 0 Å². The SMILES string of the molecule is CCCNC(Cc1ccc([N+](=O)[O-])cc1)c1ccc(Br)s1. The Labute approximate surface area is 136 Å². The van der Waals surface area contributed by atoms with Gasteiger partial charge in [-0.2, -0.15) is 0 Å². The van der Waals surface area contributed by atoms with Crippen molar-refractivity contribution in [3.05, 3.63) is 60.7 Å². The van der Waals surface area contributed by atoms with Crippen molar-refractivity contribution in [2.45, 2.75) is 25.8 Å². The number of non-ortho nitro benzene ring substituents is 1. The minimum absolute atomic E-state index is 0.135. The molecule has 0 saturated heterocycles. The van der Waals surface area contributed by atoms with Crippen LogP contribution >= 0.6 is 27.3 Å². The average molecular weight is 369 g/mol. The Balaban J connectivity index is 2.12. The zero-order chi connectivity index (χ0) is 15.2. The van der Waals surface area contributed by atoms with Crippen LogP contribution in [-0.2, 0) is 6.42 Å². The van der Waals surface area contributed by atoms with Crippen LogP contribution in [0, 0.1) is 10.1 Å². The molecule has 0 aliphatic carbocycles. The van der Waals surface area contributed by atoms with Crippen molar-refractivity contribution in [3.8, 4) is 0 Å². The van der Waals surface area contributed by atoms with E-state index < -0.39 is 0 Å². The maximum atomic E-state index is 10.7. The molecule has 1 heterocycles. The molecule has 0 aliphatic heterocycles. The van der Waals surface area contributed by atoms with E-state index in [9.17, 15) is 10.1 Å². The lowest BCUT2D eigenvalue weighted by Crippen LogP contribution is -2.23. The van der Waals surface area contributed by atoms with Gasteiger partial charge >= 0.3 is 0 Å². The summed E-state index contributed by atoms with van der Waals surface area (Å²) in [4.78, 5) is 11.6. The first kappa shape index (κ1) is 16.1. The summed E-state index contributed by atoms with van der Waals surface area (Å²) in [6.07, 6.45) is 1.90. The smallest absolute Gasteiger partial charge is 0.269 e. The fraction of sp³-hybridized carbons (Fsp3) is 0.333. The number of nitro groups is 1. The third kappa shape index (κ3) is 4.62. The van der Waals surface area contributed by atoms with Crippen molar-refractivity contribution in [1.82, 2.24) is 5.32 Å². The Morgan fingerprint density at radius 3 is 2.52 bits per heavy atom. The lowest BCUT2D eigenvalue weighted by molar-refractivity contribution is -0.384. The molecule has 2 aromatic rings. The second-order valence-corrected chi connectivity index (χ2v) is 7.27. The van der Waals surface area contributed by atoms with E-state index in [0.717, 1.165) is 28.7 Å². The summed E-state index contributed by atoms with van der Waals surface area (Å²) in [6.45, 7) is 3.09. The number of nitro benzene ring substituents is 1. The largest absolute Gasteiger partial charge is 0.309 e. The number of nitrogens with zero attached hydrogens (tertiary/aromatic N) is 1. The third-order valence-corrected chi connectivity index (χ3v) is 4.90. The van der Waals surface area contributed by atoms with Crippen LogP contribution in [0.4, 0.5) is 5.69 Å². The summed E-state index contributed by atoms with van der Waals surface area (Å²) in [5, 5.41) is 14.2. The lowest BCUT2D eigenvalue weighted by atomic mass is 10.0. The Morgan fingerprint density at radius 2 is 2.00 bits per heavy atom. The van der Waals surface area contributed by atoms with Crippen molar-refractivity contribution < 1.29 is 4.92 Å². The molecule has 4 nitrogen and oxygen atoms in total. The van der Waals surface area contributed by atoms with E-state index in [1.54, 1.807) is 23.5 Å². The molecule has 0 spiro atoms. The molecule has 1 atom stereocenters. The first-order valence-corrected chi connectivity index (χ1v) is 8.43. The van der Waals surface area contributed by atoms with Gasteiger partial charge < -0.3 is 5.32 Å². The number of halogens is 1. The van der Waals surface area contributed by atoms with Gasteiger partial charge in [0.1, 0.15) is 0 Å². The maximum Gasteiger partial charge on any atom is 0.269 e. The minimum Gasteiger partial charge on any atom is -0.309 e. The highest BCUT2D eigenvalue weighted by molar-refractivity contribution is 9.11. The number of thiophene rings is 1. The fourth-order valence-electron chi connectivity index (χ4n) is 2.10. The summed E-state index contributed by atoms with van der Waals surface area (Å²) < 4.78 is 1.12. The molecule has 6 heteroatoms. The van der Waals surface area contributed by atoms with Gasteiger partial charge in [-0.15, -0.1) is 11.3 Å². The Morgan fingerprint density at radius 1 is 1.29 bits per heavy atom. The van der Waals surface area contributed by atoms with Gasteiger partial charge in [0.25, 0.3) is 5.69 Å². The molecule has 1 aromatic carbocycles. The molecule has 2 rings (SSSR count). The lowest BCUT2D eigenvalue weighted by Gasteiger charge is -2.17. The summed E-state index contributed by atoms with van der Waals surface area (Å²) >= 11 is 5.21. The number of rotatable bonds is 7. The fourth-order valence-corrected chi connectivity index (χ4v) is 3.60. The molecule has 112 valence electrons. The van der Waals surface area contributed by atoms with E-state index in [4.69, 9.17) is 0 Å². The van der Waals surface area contributed by atoms with Crippen LogP contribution in [0.2, 0.25) is 0 Å². The average Bonchev–Trinajstić information content (AvgIpc) is 2.90. The van der Waals surface area contributed by atoms with Gasteiger partial charge in [0.2, 0.25) is 0 Å². The van der Waals surface area contributed by atoms with E-state index in [1.165, 1.54) is 4.88 Å². The van der Waals surface area contributed by atoms with Crippen molar-refractivity contribution in [3.63, 3.8) is 0 Å². The molecule has 1 N–H and O–H groups in total. The molecule has 0 amide bonds. The van der Waals surface area contributed by atoms with E-state index in [2.05, 4.69) is 40.3 Å². The summed E-state index contributed by atoms with van der Waals surface area (Å²) in [5.74, 6) is 0. The Kier molecular flexibility index (Phi) is 5.90. The number of hydrogen-bond donors (Lipinski definition) is 1. The van der Waals surface area contributed by atoms with Crippen molar-refractivity contribution in [1.29, 1.82) is 0 Å². The second kappa shape index (κ2) is 7.68. The Bertz CT molecular complexity index is 598. The summed E-state index contributed by atoms with van der Waals surface area (Å²) in [6, 6.07) is 11.2. The predicted molar refractivity (Wildman–Crippen MR) is 89.9 cm³/mol. The van der Waals surface area contributed by atoms with Crippen LogP contribution < -0.4 is 5.32 Å². The molecule has 0 bridgehead atoms. The second-order valence-electron chi connectivity index (χ2n) is 4.78. The molecule has 21 heavy (non-hydrogen) atoms. The molecule has 0 saturated carbocycles. The topological polar surface area (TPSA) is 55.2 Å². The predicted octanol–water partition coefficient (Wildman–Crippen LogP) is 4.70. The number of hydrogen-bond acceptors (Lipinski definition) is 4. The van der Waals surface area contributed by atoms with Crippen LogP contribution in [0.25, 0.3) is 0 Å². The molecule has 0 aliphatic rings. The summed E-state index contributed by atoms with van der Waals surface area (Å²) in [7, 11) is 0. The number of nitrogens with one attached hydrogen (secondary N) is 1. The third-order valence-electron chi connectivity index (χ3n) is 3.17. The van der Waals surface area contributed by atoms with Crippen LogP contribution in [0.5, 0.6) is 0 Å². The van der Waals surface area contributed by atoms with E-state index in [-0.39, 0.29) is 16.7 Å². The van der Waals surface area contributed by atoms with Crippen LogP contribution in [0.1, 0.15) is 29.8 Å². The summed E-state index contributed by atoms with van der Waals surface area (Å²) in [5.41, 5.74) is 1.23. The Hall–Kier alpha value is -1.24. The van der Waals surface area contributed by atoms with Crippen LogP contribution in [0.3, 0.4) is 0 Å². The molecular formula is C15H17BrN2O2S. The van der Waals surface area contributed by atoms with Gasteiger partial charge in [0, 0.05) is 23.1 Å². The van der Waals surface area contributed by atoms with Crippen LogP contribution in [0.15, 0.2) is 40.2 Å². The van der Waals surface area contributed by atoms with Crippen molar-refractivity contribution >= 4 is 33.0 Å². The molecular weight excluding hydrogens is 352 g/mol. The highest BCUT2D eigenvalue weighted by Crippen LogP contribution is 2.29.